The summed E-state index contributed by atoms with van der Waals surface area (Å²) in [5.41, 5.74) is 2.28. The molecule has 3 nitrogen and oxygen atoms in total. The van der Waals surface area contributed by atoms with Gasteiger partial charge in [0.05, 0.1) is 6.61 Å². The summed E-state index contributed by atoms with van der Waals surface area (Å²) >= 11 is 6.10. The van der Waals surface area contributed by atoms with E-state index in [1.165, 1.54) is 5.56 Å². The third kappa shape index (κ3) is 3.56. The number of nitrogens with zero attached hydrogens (tertiary/aromatic N) is 1. The van der Waals surface area contributed by atoms with Crippen LogP contribution in [-0.4, -0.2) is 17.3 Å². The molecule has 2 aromatic rings. The molecule has 3 rings (SSSR count). The van der Waals surface area contributed by atoms with Gasteiger partial charge < -0.3 is 4.52 Å². The van der Waals surface area contributed by atoms with E-state index < -0.39 is 6.87 Å². The molecule has 1 saturated heterocycles. The van der Waals surface area contributed by atoms with E-state index in [2.05, 4.69) is 12.1 Å². The maximum atomic E-state index is 12.4. The highest BCUT2D eigenvalue weighted by Crippen LogP contribution is 2.61. The molecule has 1 aliphatic rings. The van der Waals surface area contributed by atoms with E-state index >= 15 is 0 Å². The second-order valence-corrected chi connectivity index (χ2v) is 8.13. The predicted molar refractivity (Wildman–Crippen MR) is 85.3 cm³/mol. The van der Waals surface area contributed by atoms with Gasteiger partial charge in [-0.05, 0) is 28.8 Å². The zero-order valence-electron chi connectivity index (χ0n) is 11.6. The second kappa shape index (κ2) is 6.33. The zero-order valence-corrected chi connectivity index (χ0v) is 13.2. The maximum absolute atomic E-state index is 12.4. The van der Waals surface area contributed by atoms with Crippen molar-refractivity contribution in [2.24, 2.45) is 0 Å². The zero-order chi connectivity index (χ0) is 14.7. The van der Waals surface area contributed by atoms with Crippen LogP contribution in [0.1, 0.15) is 11.1 Å². The first-order valence-electron chi connectivity index (χ1n) is 6.94. The largest absolute Gasteiger partial charge is 0.363 e. The highest BCUT2D eigenvalue weighted by Gasteiger charge is 2.42. The van der Waals surface area contributed by atoms with Crippen LogP contribution in [0.4, 0.5) is 0 Å². The van der Waals surface area contributed by atoms with Crippen molar-refractivity contribution in [1.29, 1.82) is 0 Å². The highest BCUT2D eigenvalue weighted by atomic mass is 35.7. The molecule has 1 heterocycles. The van der Waals surface area contributed by atoms with Gasteiger partial charge in [0, 0.05) is 12.6 Å². The average Bonchev–Trinajstić information content (AvgIpc) is 2.77. The fourth-order valence-corrected chi connectivity index (χ4v) is 4.64. The molecular formula is C16H17ClNO2P. The van der Waals surface area contributed by atoms with E-state index in [0.29, 0.717) is 13.2 Å². The van der Waals surface area contributed by atoms with Gasteiger partial charge in [-0.3, -0.25) is 4.57 Å². The molecule has 2 atom stereocenters. The van der Waals surface area contributed by atoms with Crippen LogP contribution in [0.25, 0.3) is 0 Å². The number of hydrogen-bond acceptors (Lipinski definition) is 2. The van der Waals surface area contributed by atoms with Crippen molar-refractivity contribution in [2.75, 3.05) is 6.61 Å². The van der Waals surface area contributed by atoms with Gasteiger partial charge in [0.1, 0.15) is 0 Å². The first kappa shape index (κ1) is 14.8. The number of hydrogen-bond donors (Lipinski definition) is 0. The molecule has 0 N–H and O–H groups in total. The molecule has 0 saturated carbocycles. The molecule has 0 aromatic heterocycles. The Kier molecular flexibility index (Phi) is 4.46. The number of benzene rings is 2. The van der Waals surface area contributed by atoms with Crippen LogP contribution in [0.15, 0.2) is 60.7 Å². The molecule has 1 fully saturated rings. The average molecular weight is 322 g/mol. The normalized spacial score (nSPS) is 26.0. The number of rotatable bonds is 4. The van der Waals surface area contributed by atoms with Crippen LogP contribution in [0.3, 0.4) is 0 Å². The molecule has 0 spiro atoms. The fraction of sp³-hybridized carbons (Fsp3) is 0.250. The van der Waals surface area contributed by atoms with Gasteiger partial charge in [-0.2, -0.15) is 0 Å². The minimum atomic E-state index is -3.21. The molecule has 5 heteroatoms. The highest BCUT2D eigenvalue weighted by molar-refractivity contribution is 7.83. The molecule has 110 valence electrons. The minimum Gasteiger partial charge on any atom is -0.304 e. The van der Waals surface area contributed by atoms with Crippen molar-refractivity contribution in [3.8, 4) is 0 Å². The summed E-state index contributed by atoms with van der Waals surface area (Å²) in [4.78, 5) is 0. The van der Waals surface area contributed by atoms with Crippen molar-refractivity contribution >= 4 is 18.1 Å². The molecule has 0 unspecified atom stereocenters. The Hall–Kier alpha value is -1.12. The van der Waals surface area contributed by atoms with Crippen LogP contribution in [-0.2, 0) is 22.1 Å². The quantitative estimate of drug-likeness (QED) is 0.778. The molecule has 0 amide bonds. The lowest BCUT2D eigenvalue weighted by Crippen LogP contribution is -2.29. The first-order valence-corrected chi connectivity index (χ1v) is 9.42. The molecule has 21 heavy (non-hydrogen) atoms. The Bertz CT molecular complexity index is 635. The summed E-state index contributed by atoms with van der Waals surface area (Å²) < 4.78 is 19.6. The summed E-state index contributed by atoms with van der Waals surface area (Å²) in [5.74, 6) is 0. The standard InChI is InChI=1S/C16H17ClNO2P/c17-21(19)18(12-15-9-5-2-6-10-15)16(13-20-21)11-14-7-3-1-4-8-14/h1-10,16H,11-13H2/t16-,21-/m1/s1. The first-order chi connectivity index (χ1) is 10.1. The Morgan fingerprint density at radius 2 is 1.62 bits per heavy atom. The van der Waals surface area contributed by atoms with Gasteiger partial charge in [0.2, 0.25) is 0 Å². The summed E-state index contributed by atoms with van der Waals surface area (Å²) in [5, 5.41) is 0. The summed E-state index contributed by atoms with van der Waals surface area (Å²) in [6.07, 6.45) is 0.782. The van der Waals surface area contributed by atoms with Crippen molar-refractivity contribution in [3.63, 3.8) is 0 Å². The monoisotopic (exact) mass is 321 g/mol. The topological polar surface area (TPSA) is 29.5 Å². The van der Waals surface area contributed by atoms with Gasteiger partial charge in [-0.25, -0.2) is 4.67 Å². The van der Waals surface area contributed by atoms with E-state index in [1.54, 1.807) is 4.67 Å². The van der Waals surface area contributed by atoms with Crippen LogP contribution in [0.2, 0.25) is 0 Å². The van der Waals surface area contributed by atoms with E-state index in [9.17, 15) is 4.57 Å². The lowest BCUT2D eigenvalue weighted by molar-refractivity contribution is 0.305. The van der Waals surface area contributed by atoms with Gasteiger partial charge in [-0.15, -0.1) is 0 Å². The van der Waals surface area contributed by atoms with Crippen molar-refractivity contribution in [1.82, 2.24) is 4.67 Å². The lowest BCUT2D eigenvalue weighted by Gasteiger charge is -2.24. The van der Waals surface area contributed by atoms with Gasteiger partial charge >= 0.3 is 6.87 Å². The summed E-state index contributed by atoms with van der Waals surface area (Å²) in [6, 6.07) is 20.1. The molecular weight excluding hydrogens is 305 g/mol. The molecule has 0 radical (unpaired) electrons. The van der Waals surface area contributed by atoms with Crippen LogP contribution in [0, 0.1) is 0 Å². The van der Waals surface area contributed by atoms with Crippen molar-refractivity contribution in [2.45, 2.75) is 19.0 Å². The molecule has 0 bridgehead atoms. The number of halogens is 1. The fourth-order valence-electron chi connectivity index (χ4n) is 2.57. The summed E-state index contributed by atoms with van der Waals surface area (Å²) in [6.45, 7) is -2.26. The molecule has 0 aliphatic carbocycles. The van der Waals surface area contributed by atoms with Crippen molar-refractivity contribution < 1.29 is 9.09 Å². The summed E-state index contributed by atoms with van der Waals surface area (Å²) in [7, 11) is 0. The van der Waals surface area contributed by atoms with Crippen molar-refractivity contribution in [3.05, 3.63) is 71.8 Å². The van der Waals surface area contributed by atoms with Crippen LogP contribution < -0.4 is 0 Å². The second-order valence-electron chi connectivity index (χ2n) is 5.17. The van der Waals surface area contributed by atoms with Gasteiger partial charge in [-0.1, -0.05) is 60.7 Å². The van der Waals surface area contributed by atoms with E-state index in [1.807, 2.05) is 48.5 Å². The predicted octanol–water partition coefficient (Wildman–Crippen LogP) is 4.48. The van der Waals surface area contributed by atoms with E-state index in [4.69, 9.17) is 15.8 Å². The Labute approximate surface area is 129 Å². The van der Waals surface area contributed by atoms with Gasteiger partial charge in [0.25, 0.3) is 0 Å². The smallest absolute Gasteiger partial charge is 0.304 e. The van der Waals surface area contributed by atoms with E-state index in [-0.39, 0.29) is 6.04 Å². The maximum Gasteiger partial charge on any atom is 0.363 e. The van der Waals surface area contributed by atoms with Crippen LogP contribution >= 0.6 is 18.1 Å². The lowest BCUT2D eigenvalue weighted by atomic mass is 10.1. The minimum absolute atomic E-state index is 0.0379. The Balaban J connectivity index is 1.78. The Morgan fingerprint density at radius 3 is 2.24 bits per heavy atom. The SMILES string of the molecule is O=[P@]1(Cl)OC[C@@H](Cc2ccccc2)N1Cc1ccccc1. The van der Waals surface area contributed by atoms with Gasteiger partial charge in [0.15, 0.2) is 0 Å². The molecule has 1 aliphatic heterocycles. The third-order valence-electron chi connectivity index (χ3n) is 3.66. The third-order valence-corrected chi connectivity index (χ3v) is 6.08. The van der Waals surface area contributed by atoms with E-state index in [0.717, 1.165) is 12.0 Å². The molecule has 2 aromatic carbocycles. The Morgan fingerprint density at radius 1 is 1.05 bits per heavy atom. The van der Waals surface area contributed by atoms with Crippen LogP contribution in [0.5, 0.6) is 0 Å².